The minimum absolute atomic E-state index is 0.0789. The van der Waals surface area contributed by atoms with E-state index in [0.29, 0.717) is 23.4 Å². The minimum Gasteiger partial charge on any atom is -0.507 e. The number of para-hydroxylation sites is 2. The average molecular weight is 391 g/mol. The largest absolute Gasteiger partial charge is 0.507 e. The summed E-state index contributed by atoms with van der Waals surface area (Å²) in [6.45, 7) is 4.10. The number of ether oxygens (including phenoxy) is 2. The Morgan fingerprint density at radius 1 is 1.24 bits per heavy atom. The number of benzene rings is 2. The first-order chi connectivity index (χ1) is 14.0. The van der Waals surface area contributed by atoms with Gasteiger partial charge in [-0.25, -0.2) is 9.78 Å². The van der Waals surface area contributed by atoms with Gasteiger partial charge in [-0.3, -0.25) is 0 Å². The van der Waals surface area contributed by atoms with Crippen LogP contribution in [0.3, 0.4) is 0 Å². The lowest BCUT2D eigenvalue weighted by molar-refractivity contribution is 0.0334. The van der Waals surface area contributed by atoms with Gasteiger partial charge in [0.2, 0.25) is 0 Å². The van der Waals surface area contributed by atoms with Crippen molar-refractivity contribution in [2.45, 2.75) is 26.4 Å². The lowest BCUT2D eigenvalue weighted by Gasteiger charge is -2.14. The number of H-pyrrole nitrogens is 1. The van der Waals surface area contributed by atoms with E-state index in [2.05, 4.69) is 9.97 Å². The zero-order valence-electron chi connectivity index (χ0n) is 16.2. The Morgan fingerprint density at radius 2 is 1.97 bits per heavy atom. The van der Waals surface area contributed by atoms with Gasteiger partial charge in [-0.15, -0.1) is 0 Å². The van der Waals surface area contributed by atoms with Gasteiger partial charge in [-0.05, 0) is 49.7 Å². The second-order valence-corrected chi connectivity index (χ2v) is 6.39. The number of nitrogens with one attached hydrogen (secondary N) is 1. The molecule has 1 atom stereocenters. The molecule has 148 valence electrons. The van der Waals surface area contributed by atoms with Crippen LogP contribution < -0.4 is 4.74 Å². The summed E-state index contributed by atoms with van der Waals surface area (Å²) in [5, 5.41) is 20.0. The number of aliphatic hydroxyl groups is 1. The number of carbonyl (C=O) groups excluding carboxylic acids is 1. The third-order valence-corrected chi connectivity index (χ3v) is 4.23. The molecule has 3 rings (SSSR count). The molecule has 0 bridgehead atoms. The monoisotopic (exact) mass is 391 g/mol. The molecular formula is C22H21N3O4. The molecule has 29 heavy (non-hydrogen) atoms. The molecule has 7 nitrogen and oxygen atoms in total. The van der Waals surface area contributed by atoms with Crippen molar-refractivity contribution in [1.82, 2.24) is 9.97 Å². The van der Waals surface area contributed by atoms with E-state index >= 15 is 0 Å². The summed E-state index contributed by atoms with van der Waals surface area (Å²) in [5.74, 6) is -0.113. The molecule has 0 fully saturated rings. The zero-order valence-corrected chi connectivity index (χ0v) is 16.2. The third kappa shape index (κ3) is 4.55. The number of allylic oxidation sites excluding steroid dienone is 1. The molecule has 0 aliphatic rings. The summed E-state index contributed by atoms with van der Waals surface area (Å²) < 4.78 is 10.8. The fourth-order valence-electron chi connectivity index (χ4n) is 2.70. The van der Waals surface area contributed by atoms with E-state index in [-0.39, 0.29) is 17.2 Å². The molecule has 0 spiro atoms. The molecule has 0 saturated carbocycles. The Balaban J connectivity index is 1.76. The van der Waals surface area contributed by atoms with Crippen molar-refractivity contribution in [2.24, 2.45) is 0 Å². The van der Waals surface area contributed by atoms with Crippen LogP contribution in [0.25, 0.3) is 16.6 Å². The molecule has 2 aromatic carbocycles. The Kier molecular flexibility index (Phi) is 6.15. The van der Waals surface area contributed by atoms with Crippen LogP contribution in [-0.2, 0) is 4.74 Å². The number of aromatic amines is 1. The second-order valence-electron chi connectivity index (χ2n) is 6.39. The standard InChI is InChI=1S/C22H21N3O4/c1-3-12-28-16-10-8-15(9-11-16)22(27)29-14(2)20(26)17(13-23)21-24-18-6-4-5-7-19(18)25-21/h4-11,14,26H,3,12H2,1-2H3,(H,24,25)/b20-17-/t14-/m0/s1. The molecule has 7 heteroatoms. The van der Waals surface area contributed by atoms with Gasteiger partial charge >= 0.3 is 5.97 Å². The van der Waals surface area contributed by atoms with Crippen LogP contribution in [0, 0.1) is 11.3 Å². The second kappa shape index (κ2) is 8.93. The molecule has 0 unspecified atom stereocenters. The molecule has 0 amide bonds. The number of aromatic nitrogens is 2. The maximum Gasteiger partial charge on any atom is 0.338 e. The molecule has 0 radical (unpaired) electrons. The molecule has 1 aromatic heterocycles. The van der Waals surface area contributed by atoms with Crippen molar-refractivity contribution >= 4 is 22.6 Å². The maximum atomic E-state index is 12.4. The number of carbonyl (C=O) groups is 1. The lowest BCUT2D eigenvalue weighted by Crippen LogP contribution is -2.18. The van der Waals surface area contributed by atoms with Crippen molar-refractivity contribution in [3.63, 3.8) is 0 Å². The highest BCUT2D eigenvalue weighted by Gasteiger charge is 2.22. The number of esters is 1. The van der Waals surface area contributed by atoms with E-state index in [1.807, 2.05) is 31.2 Å². The Hall–Kier alpha value is -3.79. The first-order valence-corrected chi connectivity index (χ1v) is 9.25. The smallest absolute Gasteiger partial charge is 0.338 e. The fourth-order valence-corrected chi connectivity index (χ4v) is 2.70. The van der Waals surface area contributed by atoms with Gasteiger partial charge < -0.3 is 19.6 Å². The molecule has 3 aromatic rings. The predicted molar refractivity (Wildman–Crippen MR) is 108 cm³/mol. The quantitative estimate of drug-likeness (QED) is 0.351. The SMILES string of the molecule is CCCOc1ccc(C(=O)O[C@@H](C)/C(O)=C(\C#N)c2nc3ccccc3[nH]2)cc1. The number of imidazole rings is 1. The van der Waals surface area contributed by atoms with Crippen LogP contribution in [0.2, 0.25) is 0 Å². The Labute approximate surface area is 168 Å². The summed E-state index contributed by atoms with van der Waals surface area (Å²) in [4.78, 5) is 19.7. The first-order valence-electron chi connectivity index (χ1n) is 9.25. The number of hydrogen-bond acceptors (Lipinski definition) is 6. The van der Waals surface area contributed by atoms with Crippen molar-refractivity contribution in [3.8, 4) is 11.8 Å². The normalized spacial score (nSPS) is 12.7. The van der Waals surface area contributed by atoms with Gasteiger partial charge in [0.05, 0.1) is 23.2 Å². The van der Waals surface area contributed by atoms with Gasteiger partial charge in [0.15, 0.2) is 17.7 Å². The van der Waals surface area contributed by atoms with Gasteiger partial charge in [0.25, 0.3) is 0 Å². The summed E-state index contributed by atoms with van der Waals surface area (Å²) >= 11 is 0. The summed E-state index contributed by atoms with van der Waals surface area (Å²) in [6, 6.07) is 15.7. The van der Waals surface area contributed by atoms with Crippen LogP contribution in [0.15, 0.2) is 54.3 Å². The Morgan fingerprint density at radius 3 is 2.62 bits per heavy atom. The van der Waals surface area contributed by atoms with Gasteiger partial charge in [-0.1, -0.05) is 19.1 Å². The number of rotatable bonds is 7. The van der Waals surface area contributed by atoms with Gasteiger partial charge in [-0.2, -0.15) is 5.26 Å². The summed E-state index contributed by atoms with van der Waals surface area (Å²) in [7, 11) is 0. The molecule has 0 aliphatic heterocycles. The van der Waals surface area contributed by atoms with Crippen molar-refractivity contribution in [2.75, 3.05) is 6.61 Å². The third-order valence-electron chi connectivity index (χ3n) is 4.23. The lowest BCUT2D eigenvalue weighted by atomic mass is 10.1. The number of aliphatic hydroxyl groups excluding tert-OH is 1. The van der Waals surface area contributed by atoms with E-state index in [0.717, 1.165) is 11.9 Å². The van der Waals surface area contributed by atoms with E-state index in [4.69, 9.17) is 9.47 Å². The van der Waals surface area contributed by atoms with Crippen LogP contribution in [0.1, 0.15) is 36.5 Å². The van der Waals surface area contributed by atoms with Crippen LogP contribution in [-0.4, -0.2) is 33.8 Å². The highest BCUT2D eigenvalue weighted by Crippen LogP contribution is 2.22. The van der Waals surface area contributed by atoms with Crippen LogP contribution in [0.5, 0.6) is 5.75 Å². The fraction of sp³-hybridized carbons (Fsp3) is 0.227. The highest BCUT2D eigenvalue weighted by molar-refractivity contribution is 5.90. The summed E-state index contributed by atoms with van der Waals surface area (Å²) in [6.07, 6.45) is -0.138. The molecule has 0 saturated heterocycles. The Bertz CT molecular complexity index is 1040. The topological polar surface area (TPSA) is 108 Å². The van der Waals surface area contributed by atoms with E-state index in [1.165, 1.54) is 6.92 Å². The molecule has 0 aliphatic carbocycles. The van der Waals surface area contributed by atoms with Gasteiger partial charge in [0, 0.05) is 0 Å². The van der Waals surface area contributed by atoms with Crippen molar-refractivity contribution in [3.05, 3.63) is 65.7 Å². The molecule has 1 heterocycles. The van der Waals surface area contributed by atoms with Crippen LogP contribution >= 0.6 is 0 Å². The minimum atomic E-state index is -1.03. The van der Waals surface area contributed by atoms with Crippen molar-refractivity contribution in [1.29, 1.82) is 5.26 Å². The van der Waals surface area contributed by atoms with Crippen molar-refractivity contribution < 1.29 is 19.4 Å². The number of hydrogen-bond donors (Lipinski definition) is 2. The highest BCUT2D eigenvalue weighted by atomic mass is 16.6. The van der Waals surface area contributed by atoms with Crippen LogP contribution in [0.4, 0.5) is 0 Å². The molecular weight excluding hydrogens is 370 g/mol. The predicted octanol–water partition coefficient (Wildman–Crippen LogP) is 4.39. The summed E-state index contributed by atoms with van der Waals surface area (Å²) in [5.41, 5.74) is 1.64. The maximum absolute atomic E-state index is 12.4. The first kappa shape index (κ1) is 20.0. The van der Waals surface area contributed by atoms with Gasteiger partial charge in [0.1, 0.15) is 17.4 Å². The molecule has 2 N–H and O–H groups in total. The van der Waals surface area contributed by atoms with E-state index < -0.39 is 12.1 Å². The van der Waals surface area contributed by atoms with E-state index in [1.54, 1.807) is 30.3 Å². The number of nitriles is 1. The number of nitrogens with zero attached hydrogens (tertiary/aromatic N) is 2. The average Bonchev–Trinajstić information content (AvgIpc) is 3.16. The number of fused-ring (bicyclic) bond motifs is 1. The zero-order chi connectivity index (χ0) is 20.8. The van der Waals surface area contributed by atoms with E-state index in [9.17, 15) is 15.2 Å².